The Labute approximate surface area is 231 Å². The standard InChI is InChI=1S/C27H28F3N3O5S2/c1-19-4-2-5-20(16-19)18-39(35,36)33-14-12-21(13-15-33)26(34)31-23-8-10-25(11-9-23)40(37,38)32-24-7-3-6-22(17-24)27(28,29)30/h2-11,16-17,21,32H,12-15,18H2,1H3,(H,31,34). The molecule has 1 amide bonds. The molecule has 0 saturated carbocycles. The fourth-order valence-corrected chi connectivity index (χ4v) is 7.03. The first-order chi connectivity index (χ1) is 18.7. The summed E-state index contributed by atoms with van der Waals surface area (Å²) in [5, 5.41) is 2.72. The van der Waals surface area contributed by atoms with Gasteiger partial charge in [0.2, 0.25) is 15.9 Å². The summed E-state index contributed by atoms with van der Waals surface area (Å²) in [6.45, 7) is 2.32. The third-order valence-corrected chi connectivity index (χ3v) is 9.77. The lowest BCUT2D eigenvalue weighted by molar-refractivity contribution is -0.137. The Hall–Kier alpha value is -3.42. The van der Waals surface area contributed by atoms with Gasteiger partial charge in [-0.1, -0.05) is 35.9 Å². The smallest absolute Gasteiger partial charge is 0.326 e. The molecule has 1 saturated heterocycles. The first-order valence-electron chi connectivity index (χ1n) is 12.4. The summed E-state index contributed by atoms with van der Waals surface area (Å²) in [5.41, 5.74) is 0.786. The summed E-state index contributed by atoms with van der Waals surface area (Å²) in [6, 6.07) is 16.4. The molecule has 3 aromatic carbocycles. The van der Waals surface area contributed by atoms with Crippen molar-refractivity contribution in [3.63, 3.8) is 0 Å². The minimum atomic E-state index is -4.62. The summed E-state index contributed by atoms with van der Waals surface area (Å²) in [4.78, 5) is 12.6. The average molecular weight is 596 g/mol. The zero-order valence-corrected chi connectivity index (χ0v) is 23.1. The SMILES string of the molecule is Cc1cccc(CS(=O)(=O)N2CCC(C(=O)Nc3ccc(S(=O)(=O)Nc4cccc(C(F)(F)F)c4)cc3)CC2)c1. The number of anilines is 2. The lowest BCUT2D eigenvalue weighted by Gasteiger charge is -2.30. The molecular weight excluding hydrogens is 567 g/mol. The fraction of sp³-hybridized carbons (Fsp3) is 0.296. The molecule has 3 aromatic rings. The number of nitrogens with one attached hydrogen (secondary N) is 2. The van der Waals surface area contributed by atoms with Crippen LogP contribution in [0.2, 0.25) is 0 Å². The van der Waals surface area contributed by atoms with Gasteiger partial charge in [-0.3, -0.25) is 9.52 Å². The van der Waals surface area contributed by atoms with Crippen molar-refractivity contribution in [3.05, 3.63) is 89.5 Å². The van der Waals surface area contributed by atoms with Crippen LogP contribution < -0.4 is 10.0 Å². The second-order valence-electron chi connectivity index (χ2n) is 9.62. The first-order valence-corrected chi connectivity index (χ1v) is 15.5. The van der Waals surface area contributed by atoms with E-state index in [0.29, 0.717) is 30.2 Å². The maximum Gasteiger partial charge on any atom is 0.416 e. The monoisotopic (exact) mass is 595 g/mol. The van der Waals surface area contributed by atoms with Crippen molar-refractivity contribution in [1.82, 2.24) is 4.31 Å². The normalized spacial score (nSPS) is 15.5. The number of nitrogens with zero attached hydrogens (tertiary/aromatic N) is 1. The van der Waals surface area contributed by atoms with E-state index in [1.165, 1.54) is 34.6 Å². The Morgan fingerprint density at radius 3 is 2.17 bits per heavy atom. The maximum absolute atomic E-state index is 12.9. The molecule has 0 bridgehead atoms. The van der Waals surface area contributed by atoms with Gasteiger partial charge in [-0.25, -0.2) is 21.1 Å². The van der Waals surface area contributed by atoms with E-state index >= 15 is 0 Å². The molecular formula is C27H28F3N3O5S2. The van der Waals surface area contributed by atoms with Gasteiger partial charge >= 0.3 is 6.18 Å². The molecule has 0 aliphatic carbocycles. The number of alkyl halides is 3. The zero-order valence-electron chi connectivity index (χ0n) is 21.5. The highest BCUT2D eigenvalue weighted by atomic mass is 32.2. The summed E-state index contributed by atoms with van der Waals surface area (Å²) in [7, 11) is -7.71. The van der Waals surface area contributed by atoms with Gasteiger partial charge in [-0.15, -0.1) is 0 Å². The van der Waals surface area contributed by atoms with Crippen molar-refractivity contribution in [3.8, 4) is 0 Å². The van der Waals surface area contributed by atoms with Crippen molar-refractivity contribution in [2.24, 2.45) is 5.92 Å². The molecule has 0 unspecified atom stereocenters. The number of piperidine rings is 1. The molecule has 13 heteroatoms. The van der Waals surface area contributed by atoms with Crippen LogP contribution >= 0.6 is 0 Å². The third-order valence-electron chi connectivity index (χ3n) is 6.52. The van der Waals surface area contributed by atoms with Crippen LogP contribution in [0.4, 0.5) is 24.5 Å². The predicted octanol–water partition coefficient (Wildman–Crippen LogP) is 5.00. The Kier molecular flexibility index (Phi) is 8.57. The molecule has 1 fully saturated rings. The summed E-state index contributed by atoms with van der Waals surface area (Å²) in [5.74, 6) is -0.839. The van der Waals surface area contributed by atoms with E-state index in [1.807, 2.05) is 25.1 Å². The minimum absolute atomic E-state index is 0.108. The highest BCUT2D eigenvalue weighted by molar-refractivity contribution is 7.92. The summed E-state index contributed by atoms with van der Waals surface area (Å²) >= 11 is 0. The van der Waals surface area contributed by atoms with E-state index in [9.17, 15) is 34.8 Å². The average Bonchev–Trinajstić information content (AvgIpc) is 2.88. The lowest BCUT2D eigenvalue weighted by atomic mass is 9.97. The van der Waals surface area contributed by atoms with Gasteiger partial charge in [0.15, 0.2) is 0 Å². The number of hydrogen-bond acceptors (Lipinski definition) is 5. The second-order valence-corrected chi connectivity index (χ2v) is 13.3. The first kappa shape index (κ1) is 29.6. The molecule has 4 rings (SSSR count). The number of sulfonamides is 2. The minimum Gasteiger partial charge on any atom is -0.326 e. The Morgan fingerprint density at radius 2 is 1.55 bits per heavy atom. The quantitative estimate of drug-likeness (QED) is 0.381. The van der Waals surface area contributed by atoms with E-state index < -0.39 is 37.7 Å². The van der Waals surface area contributed by atoms with Crippen molar-refractivity contribution in [1.29, 1.82) is 0 Å². The van der Waals surface area contributed by atoms with E-state index in [0.717, 1.165) is 17.7 Å². The van der Waals surface area contributed by atoms with Gasteiger partial charge in [0, 0.05) is 30.4 Å². The predicted molar refractivity (Wildman–Crippen MR) is 145 cm³/mol. The van der Waals surface area contributed by atoms with E-state index in [-0.39, 0.29) is 35.3 Å². The van der Waals surface area contributed by atoms with Crippen molar-refractivity contribution in [2.75, 3.05) is 23.1 Å². The number of carbonyl (C=O) groups is 1. The van der Waals surface area contributed by atoms with Crippen LogP contribution in [0.3, 0.4) is 0 Å². The molecule has 214 valence electrons. The molecule has 40 heavy (non-hydrogen) atoms. The number of aryl methyl sites for hydroxylation is 1. The van der Waals surface area contributed by atoms with Crippen LogP contribution in [0.1, 0.15) is 29.5 Å². The third kappa shape index (κ3) is 7.40. The molecule has 0 radical (unpaired) electrons. The Morgan fingerprint density at radius 1 is 0.900 bits per heavy atom. The van der Waals surface area contributed by atoms with Gasteiger partial charge in [0.1, 0.15) is 0 Å². The van der Waals surface area contributed by atoms with Crippen LogP contribution in [-0.4, -0.2) is 40.1 Å². The number of amides is 1. The van der Waals surface area contributed by atoms with Crippen LogP contribution in [0.5, 0.6) is 0 Å². The maximum atomic E-state index is 12.9. The molecule has 1 heterocycles. The van der Waals surface area contributed by atoms with Crippen LogP contribution in [0.25, 0.3) is 0 Å². The van der Waals surface area contributed by atoms with Crippen molar-refractivity contribution in [2.45, 2.75) is 36.6 Å². The van der Waals surface area contributed by atoms with E-state index in [4.69, 9.17) is 0 Å². The van der Waals surface area contributed by atoms with Gasteiger partial charge in [-0.05, 0) is 67.8 Å². The molecule has 1 aliphatic heterocycles. The number of halogens is 3. The molecule has 0 aromatic heterocycles. The second kappa shape index (κ2) is 11.6. The van der Waals surface area contributed by atoms with Gasteiger partial charge in [0.05, 0.1) is 16.2 Å². The van der Waals surface area contributed by atoms with E-state index in [1.54, 1.807) is 6.07 Å². The number of carbonyl (C=O) groups excluding carboxylic acids is 1. The van der Waals surface area contributed by atoms with Gasteiger partial charge < -0.3 is 5.32 Å². The number of rotatable bonds is 8. The van der Waals surface area contributed by atoms with Gasteiger partial charge in [-0.2, -0.15) is 13.2 Å². The largest absolute Gasteiger partial charge is 0.416 e. The Balaban J connectivity index is 1.32. The molecule has 8 nitrogen and oxygen atoms in total. The molecule has 0 spiro atoms. The number of benzene rings is 3. The van der Waals surface area contributed by atoms with Gasteiger partial charge in [0.25, 0.3) is 10.0 Å². The number of hydrogen-bond donors (Lipinski definition) is 2. The zero-order chi connectivity index (χ0) is 29.1. The highest BCUT2D eigenvalue weighted by Crippen LogP contribution is 2.31. The van der Waals surface area contributed by atoms with Crippen LogP contribution in [0, 0.1) is 12.8 Å². The van der Waals surface area contributed by atoms with Crippen molar-refractivity contribution >= 4 is 37.3 Å². The summed E-state index contributed by atoms with van der Waals surface area (Å²) in [6.07, 6.45) is -3.94. The lowest BCUT2D eigenvalue weighted by Crippen LogP contribution is -2.41. The Bertz CT molecular complexity index is 1580. The molecule has 1 aliphatic rings. The van der Waals surface area contributed by atoms with Crippen molar-refractivity contribution < 1.29 is 34.8 Å². The topological polar surface area (TPSA) is 113 Å². The van der Waals surface area contributed by atoms with Crippen LogP contribution in [0.15, 0.2) is 77.7 Å². The van der Waals surface area contributed by atoms with Crippen LogP contribution in [-0.2, 0) is 36.8 Å². The highest BCUT2D eigenvalue weighted by Gasteiger charge is 2.32. The summed E-state index contributed by atoms with van der Waals surface area (Å²) < 4.78 is 93.3. The molecule has 0 atom stereocenters. The molecule has 2 N–H and O–H groups in total. The fourth-order valence-electron chi connectivity index (χ4n) is 4.43. The van der Waals surface area contributed by atoms with E-state index in [2.05, 4.69) is 10.0 Å².